The van der Waals surface area contributed by atoms with E-state index in [4.69, 9.17) is 0 Å². The molecule has 0 radical (unpaired) electrons. The first-order valence-electron chi connectivity index (χ1n) is 9.60. The van der Waals surface area contributed by atoms with E-state index in [9.17, 15) is 9.90 Å². The molecular weight excluding hydrogens is 392 g/mol. The Morgan fingerprint density at radius 2 is 2.21 bits per heavy atom. The van der Waals surface area contributed by atoms with E-state index in [2.05, 4.69) is 27.1 Å². The molecule has 6 nitrogen and oxygen atoms in total. The fourth-order valence-electron chi connectivity index (χ4n) is 3.14. The van der Waals surface area contributed by atoms with Crippen LogP contribution in [0.4, 0.5) is 0 Å². The Hall–Kier alpha value is -1.90. The van der Waals surface area contributed by atoms with Gasteiger partial charge < -0.3 is 20.6 Å². The summed E-state index contributed by atoms with van der Waals surface area (Å²) < 4.78 is 0. The number of amides is 1. The van der Waals surface area contributed by atoms with Crippen LogP contribution in [0.2, 0.25) is 0 Å². The third-order valence-corrected chi connectivity index (χ3v) is 6.53. The molecule has 0 aromatic carbocycles. The summed E-state index contributed by atoms with van der Waals surface area (Å²) in [6.07, 6.45) is 1.37. The van der Waals surface area contributed by atoms with Crippen molar-refractivity contribution in [3.8, 4) is 0 Å². The van der Waals surface area contributed by atoms with Gasteiger partial charge in [0.2, 0.25) is 5.91 Å². The van der Waals surface area contributed by atoms with Crippen LogP contribution in [-0.4, -0.2) is 48.1 Å². The minimum Gasteiger partial charge on any atom is -0.383 e. The number of rotatable bonds is 7. The fourth-order valence-corrected chi connectivity index (χ4v) is 4.82. The molecule has 0 spiro atoms. The minimum absolute atomic E-state index is 0.158. The van der Waals surface area contributed by atoms with Crippen molar-refractivity contribution in [3.05, 3.63) is 44.3 Å². The molecule has 3 heterocycles. The van der Waals surface area contributed by atoms with E-state index in [-0.39, 0.29) is 12.5 Å². The van der Waals surface area contributed by atoms with Gasteiger partial charge in [0.05, 0.1) is 6.54 Å². The maximum Gasteiger partial charge on any atom is 0.224 e. The Morgan fingerprint density at radius 1 is 1.36 bits per heavy atom. The molecule has 1 aliphatic heterocycles. The zero-order valence-corrected chi connectivity index (χ0v) is 18.0. The second kappa shape index (κ2) is 9.54. The Morgan fingerprint density at radius 3 is 2.96 bits per heavy atom. The van der Waals surface area contributed by atoms with Gasteiger partial charge in [-0.15, -0.1) is 11.3 Å². The second-order valence-electron chi connectivity index (χ2n) is 7.09. The first-order valence-corrected chi connectivity index (χ1v) is 11.4. The number of hydrogen-bond acceptors (Lipinski definition) is 5. The average molecular weight is 421 g/mol. The van der Waals surface area contributed by atoms with Crippen molar-refractivity contribution in [1.29, 1.82) is 0 Å². The summed E-state index contributed by atoms with van der Waals surface area (Å²) in [7, 11) is 0. The number of guanidine groups is 1. The van der Waals surface area contributed by atoms with E-state index in [0.29, 0.717) is 25.5 Å². The van der Waals surface area contributed by atoms with Gasteiger partial charge in [-0.1, -0.05) is 0 Å². The van der Waals surface area contributed by atoms with Gasteiger partial charge in [-0.25, -0.2) is 4.99 Å². The largest absolute Gasteiger partial charge is 0.383 e. The summed E-state index contributed by atoms with van der Waals surface area (Å²) in [5, 5.41) is 23.0. The van der Waals surface area contributed by atoms with E-state index in [1.54, 1.807) is 29.6 Å². The van der Waals surface area contributed by atoms with Crippen molar-refractivity contribution in [2.45, 2.75) is 38.8 Å². The highest BCUT2D eigenvalue weighted by atomic mass is 32.1. The summed E-state index contributed by atoms with van der Waals surface area (Å²) in [6.45, 7) is 6.75. The highest BCUT2D eigenvalue weighted by molar-refractivity contribution is 7.10. The van der Waals surface area contributed by atoms with Crippen LogP contribution in [0.25, 0.3) is 0 Å². The molecule has 1 aliphatic rings. The zero-order chi connectivity index (χ0) is 20.0. The Kier molecular flexibility index (Phi) is 7.09. The van der Waals surface area contributed by atoms with Gasteiger partial charge in [0.25, 0.3) is 0 Å². The number of fused-ring (bicyclic) bond motifs is 1. The van der Waals surface area contributed by atoms with Crippen molar-refractivity contribution in [2.24, 2.45) is 4.99 Å². The summed E-state index contributed by atoms with van der Waals surface area (Å²) in [6, 6.07) is 4.03. The Balaban J connectivity index is 1.49. The van der Waals surface area contributed by atoms with Crippen molar-refractivity contribution >= 4 is 34.5 Å². The molecule has 28 heavy (non-hydrogen) atoms. The minimum atomic E-state index is -1.01. The van der Waals surface area contributed by atoms with Gasteiger partial charge in [0.1, 0.15) is 5.60 Å². The van der Waals surface area contributed by atoms with Crippen LogP contribution in [0.1, 0.15) is 36.3 Å². The predicted octanol–water partition coefficient (Wildman–Crippen LogP) is 2.55. The molecule has 0 bridgehead atoms. The molecule has 0 aliphatic carbocycles. The summed E-state index contributed by atoms with van der Waals surface area (Å²) >= 11 is 3.34. The van der Waals surface area contributed by atoms with Crippen molar-refractivity contribution < 1.29 is 9.90 Å². The molecule has 0 saturated carbocycles. The smallest absolute Gasteiger partial charge is 0.224 e. The molecule has 2 aromatic rings. The zero-order valence-electron chi connectivity index (χ0n) is 16.4. The van der Waals surface area contributed by atoms with Crippen LogP contribution in [-0.2, 0) is 23.4 Å². The first kappa shape index (κ1) is 20.8. The van der Waals surface area contributed by atoms with Crippen LogP contribution in [0.3, 0.4) is 0 Å². The van der Waals surface area contributed by atoms with Crippen LogP contribution in [0.5, 0.6) is 0 Å². The van der Waals surface area contributed by atoms with Gasteiger partial charge in [0.15, 0.2) is 5.96 Å². The van der Waals surface area contributed by atoms with E-state index < -0.39 is 5.60 Å². The lowest BCUT2D eigenvalue weighted by Crippen LogP contribution is -2.41. The molecule has 8 heteroatoms. The van der Waals surface area contributed by atoms with Crippen molar-refractivity contribution in [1.82, 2.24) is 15.5 Å². The quantitative estimate of drug-likeness (QED) is 0.475. The van der Waals surface area contributed by atoms with Gasteiger partial charge in [-0.3, -0.25) is 4.79 Å². The maximum atomic E-state index is 12.5. The lowest BCUT2D eigenvalue weighted by Gasteiger charge is -2.27. The molecule has 1 unspecified atom stereocenters. The monoisotopic (exact) mass is 420 g/mol. The molecule has 152 valence electrons. The number of aliphatic imine (C=N–C) groups is 1. The number of aliphatic hydroxyl groups is 1. The highest BCUT2D eigenvalue weighted by Crippen LogP contribution is 2.24. The number of carbonyl (C=O) groups excluding carboxylic acids is 1. The van der Waals surface area contributed by atoms with Gasteiger partial charge in [-0.2, -0.15) is 11.3 Å². The van der Waals surface area contributed by atoms with E-state index in [1.807, 2.05) is 28.7 Å². The number of thiophene rings is 2. The molecule has 0 saturated heterocycles. The van der Waals surface area contributed by atoms with Crippen LogP contribution >= 0.6 is 22.7 Å². The molecule has 3 N–H and O–H groups in total. The van der Waals surface area contributed by atoms with Gasteiger partial charge in [0, 0.05) is 37.5 Å². The maximum absolute atomic E-state index is 12.5. The van der Waals surface area contributed by atoms with Gasteiger partial charge >= 0.3 is 0 Å². The summed E-state index contributed by atoms with van der Waals surface area (Å²) in [4.78, 5) is 20.4. The number of nitrogens with zero attached hydrogens (tertiary/aromatic N) is 2. The number of nitrogens with one attached hydrogen (secondary N) is 2. The third-order valence-electron chi connectivity index (χ3n) is 4.82. The molecule has 3 rings (SSSR count). The standard InChI is InChI=1S/C20H28N4O2S2/c1-3-21-19(23-14-20(2,26)16-7-10-27-13-16)22-8-4-18(25)24-9-5-17-15(12-24)6-11-28-17/h6-7,10-11,13,26H,3-5,8-9,12,14H2,1-2H3,(H2,21,22,23). The Bertz CT molecular complexity index is 799. The fraction of sp³-hybridized carbons (Fsp3) is 0.500. The van der Waals surface area contributed by atoms with Crippen LogP contribution < -0.4 is 10.6 Å². The van der Waals surface area contributed by atoms with E-state index in [0.717, 1.165) is 25.1 Å². The highest BCUT2D eigenvalue weighted by Gasteiger charge is 2.24. The molecule has 2 aromatic heterocycles. The van der Waals surface area contributed by atoms with Crippen molar-refractivity contribution in [2.75, 3.05) is 26.2 Å². The predicted molar refractivity (Wildman–Crippen MR) is 116 cm³/mol. The van der Waals surface area contributed by atoms with Crippen LogP contribution in [0, 0.1) is 0 Å². The number of hydrogen-bond donors (Lipinski definition) is 3. The summed E-state index contributed by atoms with van der Waals surface area (Å²) in [5.41, 5.74) is 1.14. The summed E-state index contributed by atoms with van der Waals surface area (Å²) in [5.74, 6) is 0.773. The SMILES string of the molecule is CCNC(=NCC(C)(O)c1ccsc1)NCCC(=O)N1CCc2sccc2C1. The normalized spacial score (nSPS) is 16.4. The van der Waals surface area contributed by atoms with Crippen molar-refractivity contribution in [3.63, 3.8) is 0 Å². The molecule has 1 atom stereocenters. The third kappa shape index (κ3) is 5.33. The second-order valence-corrected chi connectivity index (χ2v) is 8.87. The molecular formula is C20H28N4O2S2. The molecule has 0 fully saturated rings. The first-order chi connectivity index (χ1) is 13.5. The van der Waals surface area contributed by atoms with E-state index >= 15 is 0 Å². The molecule has 1 amide bonds. The van der Waals surface area contributed by atoms with Crippen LogP contribution in [0.15, 0.2) is 33.3 Å². The topological polar surface area (TPSA) is 77.0 Å². The Labute approximate surface area is 174 Å². The lowest BCUT2D eigenvalue weighted by molar-refractivity contribution is -0.131. The lowest BCUT2D eigenvalue weighted by atomic mass is 10.00. The average Bonchev–Trinajstić information content (AvgIpc) is 3.37. The van der Waals surface area contributed by atoms with E-state index in [1.165, 1.54) is 10.4 Å². The van der Waals surface area contributed by atoms with Gasteiger partial charge in [-0.05, 0) is 59.7 Å². The number of carbonyl (C=O) groups is 1.